The largest absolute Gasteiger partial charge is 0.395 e. The minimum Gasteiger partial charge on any atom is -0.395 e. The average molecular weight is 187 g/mol. The van der Waals surface area contributed by atoms with Gasteiger partial charge in [-0.15, -0.1) is 0 Å². The summed E-state index contributed by atoms with van der Waals surface area (Å²) in [6, 6.07) is 0.737. The molecule has 3 nitrogen and oxygen atoms in total. The molecule has 0 aromatic heterocycles. The zero-order valence-electron chi connectivity index (χ0n) is 8.62. The van der Waals surface area contributed by atoms with Gasteiger partial charge in [0.25, 0.3) is 0 Å². The maximum Gasteiger partial charge on any atom is 0.0587 e. The van der Waals surface area contributed by atoms with E-state index in [1.165, 1.54) is 0 Å². The van der Waals surface area contributed by atoms with Crippen molar-refractivity contribution >= 4 is 0 Å². The van der Waals surface area contributed by atoms with Crippen LogP contribution in [0, 0.1) is 0 Å². The van der Waals surface area contributed by atoms with Crippen molar-refractivity contribution in [2.75, 3.05) is 13.2 Å². The van der Waals surface area contributed by atoms with Crippen LogP contribution >= 0.6 is 0 Å². The van der Waals surface area contributed by atoms with E-state index in [0.29, 0.717) is 12.1 Å². The van der Waals surface area contributed by atoms with E-state index in [2.05, 4.69) is 12.2 Å². The zero-order valence-corrected chi connectivity index (χ0v) is 8.62. The van der Waals surface area contributed by atoms with Gasteiger partial charge in [0.2, 0.25) is 0 Å². The maximum atomic E-state index is 8.89. The van der Waals surface area contributed by atoms with Crippen LogP contribution in [-0.2, 0) is 4.74 Å². The number of aliphatic hydroxyl groups is 1. The number of hydrogen-bond acceptors (Lipinski definition) is 3. The highest BCUT2D eigenvalue weighted by atomic mass is 16.5. The Bertz CT molecular complexity index is 139. The molecule has 78 valence electrons. The van der Waals surface area contributed by atoms with Gasteiger partial charge < -0.3 is 15.2 Å². The van der Waals surface area contributed by atoms with Crippen LogP contribution in [0.25, 0.3) is 0 Å². The Morgan fingerprint density at radius 3 is 3.00 bits per heavy atom. The summed E-state index contributed by atoms with van der Waals surface area (Å²) in [6.07, 6.45) is 3.66. The first-order valence-corrected chi connectivity index (χ1v) is 5.24. The van der Waals surface area contributed by atoms with Crippen LogP contribution in [0.5, 0.6) is 0 Å². The summed E-state index contributed by atoms with van der Waals surface area (Å²) >= 11 is 0. The van der Waals surface area contributed by atoms with Crippen molar-refractivity contribution in [3.63, 3.8) is 0 Å². The Hall–Kier alpha value is -0.120. The van der Waals surface area contributed by atoms with Crippen LogP contribution in [0.3, 0.4) is 0 Å². The van der Waals surface area contributed by atoms with Gasteiger partial charge in [0, 0.05) is 18.7 Å². The zero-order chi connectivity index (χ0) is 9.68. The molecule has 1 saturated heterocycles. The fourth-order valence-electron chi connectivity index (χ4n) is 1.77. The van der Waals surface area contributed by atoms with Gasteiger partial charge in [-0.2, -0.15) is 0 Å². The van der Waals surface area contributed by atoms with E-state index in [4.69, 9.17) is 9.84 Å². The fourth-order valence-corrected chi connectivity index (χ4v) is 1.77. The summed E-state index contributed by atoms with van der Waals surface area (Å²) in [5, 5.41) is 12.3. The Balaban J connectivity index is 2.25. The molecule has 3 atom stereocenters. The van der Waals surface area contributed by atoms with Gasteiger partial charge in [-0.3, -0.25) is 0 Å². The Morgan fingerprint density at radius 1 is 1.62 bits per heavy atom. The average Bonchev–Trinajstić information content (AvgIpc) is 2.18. The lowest BCUT2D eigenvalue weighted by Gasteiger charge is -2.31. The highest BCUT2D eigenvalue weighted by Crippen LogP contribution is 2.16. The summed E-state index contributed by atoms with van der Waals surface area (Å²) in [6.45, 7) is 5.24. The smallest absolute Gasteiger partial charge is 0.0587 e. The van der Waals surface area contributed by atoms with Crippen LogP contribution in [0.2, 0.25) is 0 Å². The summed E-state index contributed by atoms with van der Waals surface area (Å²) in [7, 11) is 0. The standard InChI is InChI=1S/C10H21NO2/c1-3-10-6-9(4-5-13-10)11-8(2)7-12/h8-12H,3-7H2,1-2H3/t8-,9?,10?/m1/s1. The minimum absolute atomic E-state index is 0.209. The third-order valence-corrected chi connectivity index (χ3v) is 2.62. The molecule has 0 aromatic rings. The van der Waals surface area contributed by atoms with E-state index in [0.717, 1.165) is 25.9 Å². The molecule has 1 aliphatic rings. The molecular formula is C10H21NO2. The predicted octanol–water partition coefficient (Wildman–Crippen LogP) is 0.914. The maximum absolute atomic E-state index is 8.89. The molecule has 0 saturated carbocycles. The predicted molar refractivity (Wildman–Crippen MR) is 52.7 cm³/mol. The van der Waals surface area contributed by atoms with Crippen LogP contribution in [0.1, 0.15) is 33.1 Å². The van der Waals surface area contributed by atoms with Crippen molar-refractivity contribution in [3.05, 3.63) is 0 Å². The van der Waals surface area contributed by atoms with Gasteiger partial charge in [-0.1, -0.05) is 6.92 Å². The van der Waals surface area contributed by atoms with Crippen LogP contribution in [-0.4, -0.2) is 36.5 Å². The van der Waals surface area contributed by atoms with E-state index in [1.54, 1.807) is 0 Å². The SMILES string of the molecule is CCC1CC(N[C@H](C)CO)CCO1. The number of rotatable bonds is 4. The molecular weight excluding hydrogens is 166 g/mol. The Morgan fingerprint density at radius 2 is 2.38 bits per heavy atom. The van der Waals surface area contributed by atoms with Gasteiger partial charge in [-0.05, 0) is 26.2 Å². The second-order valence-corrected chi connectivity index (χ2v) is 3.87. The molecule has 0 bridgehead atoms. The van der Waals surface area contributed by atoms with E-state index in [9.17, 15) is 0 Å². The second-order valence-electron chi connectivity index (χ2n) is 3.87. The summed E-state index contributed by atoms with van der Waals surface area (Å²) in [5.74, 6) is 0. The minimum atomic E-state index is 0.209. The van der Waals surface area contributed by atoms with Crippen molar-refractivity contribution in [1.82, 2.24) is 5.32 Å². The van der Waals surface area contributed by atoms with Crippen molar-refractivity contribution in [2.24, 2.45) is 0 Å². The van der Waals surface area contributed by atoms with Crippen molar-refractivity contribution in [2.45, 2.75) is 51.3 Å². The monoisotopic (exact) mass is 187 g/mol. The van der Waals surface area contributed by atoms with Crippen molar-refractivity contribution < 1.29 is 9.84 Å². The molecule has 0 amide bonds. The summed E-state index contributed by atoms with van der Waals surface area (Å²) in [5.41, 5.74) is 0. The molecule has 2 unspecified atom stereocenters. The number of ether oxygens (including phenoxy) is 1. The van der Waals surface area contributed by atoms with Gasteiger partial charge in [0.15, 0.2) is 0 Å². The molecule has 1 aliphatic heterocycles. The van der Waals surface area contributed by atoms with E-state index < -0.39 is 0 Å². The summed E-state index contributed by atoms with van der Waals surface area (Å²) in [4.78, 5) is 0. The molecule has 1 heterocycles. The quantitative estimate of drug-likeness (QED) is 0.687. The molecule has 0 aliphatic carbocycles. The van der Waals surface area contributed by atoms with Crippen LogP contribution in [0.15, 0.2) is 0 Å². The third-order valence-electron chi connectivity index (χ3n) is 2.62. The molecule has 2 N–H and O–H groups in total. The van der Waals surface area contributed by atoms with Gasteiger partial charge in [-0.25, -0.2) is 0 Å². The highest BCUT2D eigenvalue weighted by molar-refractivity contribution is 4.78. The van der Waals surface area contributed by atoms with Gasteiger partial charge >= 0.3 is 0 Å². The third kappa shape index (κ3) is 3.63. The van der Waals surface area contributed by atoms with Crippen LogP contribution in [0.4, 0.5) is 0 Å². The Labute approximate surface area is 80.5 Å². The van der Waals surface area contributed by atoms with E-state index >= 15 is 0 Å². The topological polar surface area (TPSA) is 41.5 Å². The Kier molecular flexibility index (Phi) is 4.70. The van der Waals surface area contributed by atoms with Crippen LogP contribution < -0.4 is 5.32 Å². The normalized spacial score (nSPS) is 31.6. The first kappa shape index (κ1) is 11.0. The van der Waals surface area contributed by atoms with Crippen molar-refractivity contribution in [3.8, 4) is 0 Å². The molecule has 0 spiro atoms. The fraction of sp³-hybridized carbons (Fsp3) is 1.00. The first-order valence-electron chi connectivity index (χ1n) is 5.24. The lowest BCUT2D eigenvalue weighted by molar-refractivity contribution is -0.00276. The molecule has 13 heavy (non-hydrogen) atoms. The lowest BCUT2D eigenvalue weighted by atomic mass is 10.0. The van der Waals surface area contributed by atoms with E-state index in [-0.39, 0.29) is 12.6 Å². The molecule has 3 heteroatoms. The first-order chi connectivity index (χ1) is 6.26. The lowest BCUT2D eigenvalue weighted by Crippen LogP contribution is -2.44. The molecule has 0 aromatic carbocycles. The number of aliphatic hydroxyl groups excluding tert-OH is 1. The van der Waals surface area contributed by atoms with Crippen molar-refractivity contribution in [1.29, 1.82) is 0 Å². The van der Waals surface area contributed by atoms with Gasteiger partial charge in [0.05, 0.1) is 12.7 Å². The molecule has 0 radical (unpaired) electrons. The van der Waals surface area contributed by atoms with Gasteiger partial charge in [0.1, 0.15) is 0 Å². The number of hydrogen-bond donors (Lipinski definition) is 2. The summed E-state index contributed by atoms with van der Waals surface area (Å²) < 4.78 is 5.57. The van der Waals surface area contributed by atoms with E-state index in [1.807, 2.05) is 6.92 Å². The molecule has 1 rings (SSSR count). The highest BCUT2D eigenvalue weighted by Gasteiger charge is 2.21. The number of nitrogens with one attached hydrogen (secondary N) is 1. The second kappa shape index (κ2) is 5.58. The molecule has 1 fully saturated rings.